The summed E-state index contributed by atoms with van der Waals surface area (Å²) in [5.74, 6) is -2.09. The molecule has 1 aliphatic carbocycles. The Hall–Kier alpha value is -3.94. The number of hydrogen-bond acceptors (Lipinski definition) is 6. The van der Waals surface area contributed by atoms with Gasteiger partial charge in [-0.3, -0.25) is 4.79 Å². The summed E-state index contributed by atoms with van der Waals surface area (Å²) in [7, 11) is 5.02. The van der Waals surface area contributed by atoms with Gasteiger partial charge in [-0.05, 0) is 29.8 Å². The first kappa shape index (κ1) is 19.4. The van der Waals surface area contributed by atoms with E-state index in [1.54, 1.807) is 12.1 Å². The lowest BCUT2D eigenvalue weighted by atomic mass is 9.94. The largest absolute Gasteiger partial charge is 0.490 e. The van der Waals surface area contributed by atoms with Gasteiger partial charge in [-0.2, -0.15) is 0 Å². The van der Waals surface area contributed by atoms with Crippen LogP contribution in [0.2, 0.25) is 0 Å². The molecule has 2 aliphatic rings. The Kier molecular flexibility index (Phi) is 4.62. The minimum absolute atomic E-state index is 0.0246. The third kappa shape index (κ3) is 3.02. The third-order valence-corrected chi connectivity index (χ3v) is 4.80. The van der Waals surface area contributed by atoms with E-state index in [-0.39, 0.29) is 33.9 Å². The standard InChI is InChI=1S/C22H17FN2O5/c1-25(2)13-8-9-14-15(10-13)30-20-18(24-14)17(22(27)28)16(19(26)21(20)29-3)11-4-6-12(23)7-5-11/h4-10H,1-3H3,(H,27,28). The molecule has 1 aliphatic heterocycles. The first-order valence-electron chi connectivity index (χ1n) is 8.97. The summed E-state index contributed by atoms with van der Waals surface area (Å²) in [6.45, 7) is 0. The number of carbonyl (C=O) groups is 1. The predicted octanol–water partition coefficient (Wildman–Crippen LogP) is 3.87. The summed E-state index contributed by atoms with van der Waals surface area (Å²) in [6.07, 6.45) is 0. The maximum absolute atomic E-state index is 13.4. The molecule has 30 heavy (non-hydrogen) atoms. The van der Waals surface area contributed by atoms with Crippen LogP contribution in [0.1, 0.15) is 10.4 Å². The lowest BCUT2D eigenvalue weighted by Gasteiger charge is -2.17. The van der Waals surface area contributed by atoms with E-state index >= 15 is 0 Å². The van der Waals surface area contributed by atoms with Crippen LogP contribution in [0.5, 0.6) is 5.75 Å². The quantitative estimate of drug-likeness (QED) is 0.513. The van der Waals surface area contributed by atoms with Gasteiger partial charge in [-0.1, -0.05) is 12.1 Å². The molecular formula is C22H17FN2O5. The van der Waals surface area contributed by atoms with Crippen molar-refractivity contribution in [3.8, 4) is 28.3 Å². The Balaban J connectivity index is 2.16. The molecule has 2 aromatic carbocycles. The van der Waals surface area contributed by atoms with Crippen molar-refractivity contribution in [3.63, 3.8) is 0 Å². The van der Waals surface area contributed by atoms with Gasteiger partial charge in [0.2, 0.25) is 11.2 Å². The Morgan fingerprint density at radius 1 is 1.17 bits per heavy atom. The fourth-order valence-electron chi connectivity index (χ4n) is 3.34. The minimum Gasteiger partial charge on any atom is -0.490 e. The van der Waals surface area contributed by atoms with Gasteiger partial charge in [0, 0.05) is 25.8 Å². The van der Waals surface area contributed by atoms with E-state index < -0.39 is 17.2 Å². The number of carboxylic acids is 1. The lowest BCUT2D eigenvalue weighted by molar-refractivity contribution is 0.0698. The van der Waals surface area contributed by atoms with Crippen LogP contribution in [0.25, 0.3) is 33.7 Å². The molecule has 0 fully saturated rings. The molecule has 0 bridgehead atoms. The molecule has 4 rings (SSSR count). The number of nitrogens with zero attached hydrogens (tertiary/aromatic N) is 2. The van der Waals surface area contributed by atoms with Gasteiger partial charge in [-0.25, -0.2) is 14.2 Å². The molecule has 0 amide bonds. The highest BCUT2D eigenvalue weighted by atomic mass is 19.1. The maximum atomic E-state index is 13.4. The zero-order valence-electron chi connectivity index (χ0n) is 16.4. The molecule has 152 valence electrons. The average molecular weight is 408 g/mol. The van der Waals surface area contributed by atoms with Crippen LogP contribution in [0.4, 0.5) is 10.1 Å². The van der Waals surface area contributed by atoms with Gasteiger partial charge in [-0.15, -0.1) is 0 Å². The fraction of sp³-hybridized carbons (Fsp3) is 0.136. The van der Waals surface area contributed by atoms with Crippen LogP contribution in [-0.2, 0) is 0 Å². The number of methoxy groups -OCH3 is 1. The highest BCUT2D eigenvalue weighted by molar-refractivity contribution is 6.04. The van der Waals surface area contributed by atoms with Crippen LogP contribution < -0.4 is 15.1 Å². The Morgan fingerprint density at radius 2 is 1.87 bits per heavy atom. The fourth-order valence-corrected chi connectivity index (χ4v) is 3.34. The van der Waals surface area contributed by atoms with Crippen molar-refractivity contribution in [3.05, 3.63) is 64.1 Å². The maximum Gasteiger partial charge on any atom is 0.338 e. The molecule has 2 aromatic rings. The van der Waals surface area contributed by atoms with Crippen LogP contribution >= 0.6 is 0 Å². The van der Waals surface area contributed by atoms with E-state index in [1.807, 2.05) is 25.1 Å². The topological polar surface area (TPSA) is 92.9 Å². The van der Waals surface area contributed by atoms with Crippen molar-refractivity contribution in [2.75, 3.05) is 26.1 Å². The number of anilines is 1. The molecule has 0 spiro atoms. The number of halogens is 1. The number of ether oxygens (including phenoxy) is 1. The lowest BCUT2D eigenvalue weighted by Crippen LogP contribution is -2.18. The molecule has 0 unspecified atom stereocenters. The molecule has 0 aromatic heterocycles. The Morgan fingerprint density at radius 3 is 2.47 bits per heavy atom. The smallest absolute Gasteiger partial charge is 0.338 e. The zero-order chi connectivity index (χ0) is 21.6. The van der Waals surface area contributed by atoms with Crippen LogP contribution in [0.3, 0.4) is 0 Å². The molecule has 0 radical (unpaired) electrons. The number of carboxylic acid groups (broad SMARTS) is 1. The summed E-state index contributed by atoms with van der Waals surface area (Å²) in [5.41, 5.74) is 0.701. The molecule has 0 saturated carbocycles. The monoisotopic (exact) mass is 408 g/mol. The van der Waals surface area contributed by atoms with Gasteiger partial charge >= 0.3 is 5.97 Å². The van der Waals surface area contributed by atoms with E-state index in [2.05, 4.69) is 4.98 Å². The van der Waals surface area contributed by atoms with Crippen molar-refractivity contribution < 1.29 is 23.4 Å². The highest BCUT2D eigenvalue weighted by Gasteiger charge is 2.31. The van der Waals surface area contributed by atoms with Gasteiger partial charge in [0.05, 0.1) is 12.7 Å². The summed E-state index contributed by atoms with van der Waals surface area (Å²) in [5, 5.41) is 9.91. The highest BCUT2D eigenvalue weighted by Crippen LogP contribution is 2.38. The number of benzene rings is 3. The second-order valence-electron chi connectivity index (χ2n) is 6.86. The normalized spacial score (nSPS) is 11.1. The molecular weight excluding hydrogens is 391 g/mol. The molecule has 0 atom stereocenters. The summed E-state index contributed by atoms with van der Waals surface area (Å²) in [4.78, 5) is 31.7. The number of fused-ring (bicyclic) bond motifs is 2. The zero-order valence-corrected chi connectivity index (χ0v) is 16.4. The Labute approximate surface area is 170 Å². The number of rotatable bonds is 4. The van der Waals surface area contributed by atoms with E-state index in [1.165, 1.54) is 19.2 Å². The first-order chi connectivity index (χ1) is 14.3. The average Bonchev–Trinajstić information content (AvgIpc) is 2.72. The predicted molar refractivity (Wildman–Crippen MR) is 110 cm³/mol. The van der Waals surface area contributed by atoms with Crippen LogP contribution in [0, 0.1) is 5.82 Å². The number of aromatic carboxylic acids is 1. The van der Waals surface area contributed by atoms with Gasteiger partial charge in [0.15, 0.2) is 11.3 Å². The molecule has 0 saturated heterocycles. The Bertz CT molecular complexity index is 1310. The second kappa shape index (κ2) is 7.14. The van der Waals surface area contributed by atoms with Gasteiger partial charge < -0.3 is 19.2 Å². The summed E-state index contributed by atoms with van der Waals surface area (Å²) >= 11 is 0. The van der Waals surface area contributed by atoms with Crippen molar-refractivity contribution in [1.82, 2.24) is 4.98 Å². The van der Waals surface area contributed by atoms with E-state index in [0.29, 0.717) is 11.1 Å². The van der Waals surface area contributed by atoms with E-state index in [4.69, 9.17) is 9.15 Å². The number of aromatic nitrogens is 1. The van der Waals surface area contributed by atoms with Crippen LogP contribution in [-0.4, -0.2) is 37.3 Å². The van der Waals surface area contributed by atoms with E-state index in [0.717, 1.165) is 17.8 Å². The SMILES string of the molecule is COc1c2oc3cc(N(C)C)ccc3nc-2c(C(=O)O)c(-c2ccc(F)cc2)c1=O. The molecule has 1 heterocycles. The van der Waals surface area contributed by atoms with Crippen molar-refractivity contribution in [1.29, 1.82) is 0 Å². The second-order valence-corrected chi connectivity index (χ2v) is 6.86. The van der Waals surface area contributed by atoms with Crippen LogP contribution in [0.15, 0.2) is 51.7 Å². The minimum atomic E-state index is -1.36. The molecule has 1 N–H and O–H groups in total. The van der Waals surface area contributed by atoms with E-state index in [9.17, 15) is 19.1 Å². The van der Waals surface area contributed by atoms with Gasteiger partial charge in [0.25, 0.3) is 0 Å². The van der Waals surface area contributed by atoms with Gasteiger partial charge in [0.1, 0.15) is 22.6 Å². The number of hydrogen-bond donors (Lipinski definition) is 1. The summed E-state index contributed by atoms with van der Waals surface area (Å²) < 4.78 is 24.6. The van der Waals surface area contributed by atoms with Crippen molar-refractivity contribution >= 4 is 22.8 Å². The third-order valence-electron chi connectivity index (χ3n) is 4.80. The van der Waals surface area contributed by atoms with Crippen molar-refractivity contribution in [2.45, 2.75) is 0 Å². The summed E-state index contributed by atoms with van der Waals surface area (Å²) in [6, 6.07) is 10.2. The van der Waals surface area contributed by atoms with Crippen molar-refractivity contribution in [2.24, 2.45) is 0 Å². The molecule has 8 heteroatoms. The first-order valence-corrected chi connectivity index (χ1v) is 8.97. The molecule has 7 nitrogen and oxygen atoms in total.